The maximum Gasteiger partial charge on any atom is 0.258 e. The highest BCUT2D eigenvalue weighted by Gasteiger charge is 2.08. The third-order valence-corrected chi connectivity index (χ3v) is 4.43. The van der Waals surface area contributed by atoms with Gasteiger partial charge in [0.15, 0.2) is 0 Å². The first-order valence-corrected chi connectivity index (χ1v) is 9.28. The highest BCUT2D eigenvalue weighted by atomic mass is 16.5. The minimum Gasteiger partial charge on any atom is -0.497 e. The van der Waals surface area contributed by atoms with Gasteiger partial charge in [-0.15, -0.1) is 0 Å². The van der Waals surface area contributed by atoms with Crippen LogP contribution in [0.4, 0.5) is 5.69 Å². The van der Waals surface area contributed by atoms with Crippen molar-refractivity contribution in [3.8, 4) is 11.5 Å². The molecule has 0 spiro atoms. The molecule has 1 N–H and O–H groups in total. The average molecular weight is 401 g/mol. The first-order chi connectivity index (χ1) is 14.6. The molecule has 0 aliphatic carbocycles. The number of carbonyl (C=O) groups excluding carboxylic acids is 1. The lowest BCUT2D eigenvalue weighted by molar-refractivity contribution is 0.102. The van der Waals surface area contributed by atoms with Gasteiger partial charge >= 0.3 is 0 Å². The fourth-order valence-electron chi connectivity index (χ4n) is 2.97. The van der Waals surface area contributed by atoms with Crippen molar-refractivity contribution in [2.24, 2.45) is 0 Å². The van der Waals surface area contributed by atoms with Crippen molar-refractivity contribution in [3.05, 3.63) is 101 Å². The maximum absolute atomic E-state index is 12.5. The van der Waals surface area contributed by atoms with E-state index in [1.54, 1.807) is 74.0 Å². The number of benzene rings is 2. The Bertz CT molecular complexity index is 1270. The number of methoxy groups -OCH3 is 1. The number of aromatic nitrogens is 2. The van der Waals surface area contributed by atoms with Gasteiger partial charge in [-0.05, 0) is 42.5 Å². The van der Waals surface area contributed by atoms with E-state index in [2.05, 4.69) is 10.3 Å². The Balaban J connectivity index is 1.46. The second-order valence-corrected chi connectivity index (χ2v) is 6.52. The highest BCUT2D eigenvalue weighted by Crippen LogP contribution is 2.20. The van der Waals surface area contributed by atoms with E-state index in [0.29, 0.717) is 34.1 Å². The maximum atomic E-state index is 12.5. The number of nitrogens with one attached hydrogen (secondary N) is 1. The molecule has 4 aromatic rings. The zero-order chi connectivity index (χ0) is 20.9. The number of amides is 1. The van der Waals surface area contributed by atoms with Crippen LogP contribution in [0.1, 0.15) is 16.1 Å². The highest BCUT2D eigenvalue weighted by molar-refractivity contribution is 6.04. The molecule has 7 heteroatoms. The molecule has 0 radical (unpaired) electrons. The zero-order valence-electron chi connectivity index (χ0n) is 16.2. The molecule has 2 heterocycles. The van der Waals surface area contributed by atoms with Crippen LogP contribution in [0.25, 0.3) is 5.65 Å². The van der Waals surface area contributed by atoms with Gasteiger partial charge in [-0.2, -0.15) is 0 Å². The number of pyridine rings is 1. The van der Waals surface area contributed by atoms with Crippen molar-refractivity contribution in [1.29, 1.82) is 0 Å². The first kappa shape index (κ1) is 19.2. The van der Waals surface area contributed by atoms with Crippen LogP contribution in [-0.2, 0) is 6.61 Å². The Labute approximate surface area is 172 Å². The molecule has 4 rings (SSSR count). The van der Waals surface area contributed by atoms with Gasteiger partial charge in [0.2, 0.25) is 0 Å². The number of fused-ring (bicyclic) bond motifs is 1. The predicted octanol–water partition coefficient (Wildman–Crippen LogP) is 3.53. The van der Waals surface area contributed by atoms with Gasteiger partial charge in [0.05, 0.1) is 12.8 Å². The number of hydrogen-bond acceptors (Lipinski definition) is 5. The standard InChI is InChI=1S/C23H19N3O4/c1-29-19-8-4-6-16(12-19)23(28)25-17-7-5-9-20(13-17)30-15-18-14-22(27)26-11-3-2-10-21(26)24-18/h2-14H,15H2,1H3,(H,25,28). The largest absolute Gasteiger partial charge is 0.497 e. The van der Waals surface area contributed by atoms with Gasteiger partial charge in [-0.3, -0.25) is 14.0 Å². The van der Waals surface area contributed by atoms with Crippen LogP contribution >= 0.6 is 0 Å². The lowest BCUT2D eigenvalue weighted by Crippen LogP contribution is -2.16. The molecular weight excluding hydrogens is 382 g/mol. The van der Waals surface area contributed by atoms with Crippen molar-refractivity contribution in [2.45, 2.75) is 6.61 Å². The van der Waals surface area contributed by atoms with Crippen LogP contribution in [-0.4, -0.2) is 22.4 Å². The second-order valence-electron chi connectivity index (χ2n) is 6.52. The second kappa shape index (κ2) is 8.48. The SMILES string of the molecule is COc1cccc(C(=O)Nc2cccc(OCc3cc(=O)n4ccccc4n3)c2)c1. The molecule has 0 saturated carbocycles. The third kappa shape index (κ3) is 4.30. The summed E-state index contributed by atoms with van der Waals surface area (Å²) >= 11 is 0. The minimum atomic E-state index is -0.254. The van der Waals surface area contributed by atoms with Gasteiger partial charge in [0.1, 0.15) is 23.8 Å². The van der Waals surface area contributed by atoms with Crippen molar-refractivity contribution in [1.82, 2.24) is 9.38 Å². The molecule has 0 unspecified atom stereocenters. The van der Waals surface area contributed by atoms with E-state index < -0.39 is 0 Å². The van der Waals surface area contributed by atoms with Crippen LogP contribution in [0.2, 0.25) is 0 Å². The fraction of sp³-hybridized carbons (Fsp3) is 0.0870. The molecule has 30 heavy (non-hydrogen) atoms. The fourth-order valence-corrected chi connectivity index (χ4v) is 2.97. The van der Waals surface area contributed by atoms with E-state index in [0.717, 1.165) is 0 Å². The molecule has 7 nitrogen and oxygen atoms in total. The summed E-state index contributed by atoms with van der Waals surface area (Å²) in [5.74, 6) is 0.905. The van der Waals surface area contributed by atoms with E-state index in [1.165, 1.54) is 10.5 Å². The van der Waals surface area contributed by atoms with E-state index in [4.69, 9.17) is 9.47 Å². The number of ether oxygens (including phenoxy) is 2. The molecule has 0 aliphatic rings. The quantitative estimate of drug-likeness (QED) is 0.534. The van der Waals surface area contributed by atoms with E-state index in [9.17, 15) is 9.59 Å². The van der Waals surface area contributed by atoms with Crippen LogP contribution in [0.15, 0.2) is 83.8 Å². The van der Waals surface area contributed by atoms with E-state index >= 15 is 0 Å². The Morgan fingerprint density at radius 2 is 1.83 bits per heavy atom. The van der Waals surface area contributed by atoms with Crippen molar-refractivity contribution < 1.29 is 14.3 Å². The molecular formula is C23H19N3O4. The molecule has 0 saturated heterocycles. The Hall–Kier alpha value is -4.13. The molecule has 0 atom stereocenters. The number of anilines is 1. The van der Waals surface area contributed by atoms with Gasteiger partial charge in [0.25, 0.3) is 11.5 Å². The average Bonchev–Trinajstić information content (AvgIpc) is 2.78. The molecule has 1 amide bonds. The van der Waals surface area contributed by atoms with E-state index in [1.807, 2.05) is 6.07 Å². The van der Waals surface area contributed by atoms with Crippen molar-refractivity contribution in [2.75, 3.05) is 12.4 Å². The summed E-state index contributed by atoms with van der Waals surface area (Å²) in [6.45, 7) is 0.133. The van der Waals surface area contributed by atoms with Crippen molar-refractivity contribution in [3.63, 3.8) is 0 Å². The van der Waals surface area contributed by atoms with Crippen LogP contribution < -0.4 is 20.3 Å². The smallest absolute Gasteiger partial charge is 0.258 e. The van der Waals surface area contributed by atoms with Gasteiger partial charge < -0.3 is 14.8 Å². The third-order valence-electron chi connectivity index (χ3n) is 4.43. The number of nitrogens with zero attached hydrogens (tertiary/aromatic N) is 2. The van der Waals surface area contributed by atoms with Gasteiger partial charge in [-0.1, -0.05) is 18.2 Å². The Kier molecular flexibility index (Phi) is 5.43. The van der Waals surface area contributed by atoms with Crippen LogP contribution in [0.3, 0.4) is 0 Å². The minimum absolute atomic E-state index is 0.133. The van der Waals surface area contributed by atoms with Crippen LogP contribution in [0.5, 0.6) is 11.5 Å². The summed E-state index contributed by atoms with van der Waals surface area (Å²) in [7, 11) is 1.55. The molecule has 0 bridgehead atoms. The number of carbonyl (C=O) groups is 1. The Morgan fingerprint density at radius 1 is 1.00 bits per heavy atom. The first-order valence-electron chi connectivity index (χ1n) is 9.28. The lowest BCUT2D eigenvalue weighted by Gasteiger charge is -2.10. The normalized spacial score (nSPS) is 10.6. The number of rotatable bonds is 6. The zero-order valence-corrected chi connectivity index (χ0v) is 16.2. The summed E-state index contributed by atoms with van der Waals surface area (Å²) in [5.41, 5.74) is 1.99. The number of hydrogen-bond donors (Lipinski definition) is 1. The lowest BCUT2D eigenvalue weighted by atomic mass is 10.2. The molecule has 2 aromatic heterocycles. The van der Waals surface area contributed by atoms with Gasteiger partial charge in [-0.25, -0.2) is 4.98 Å². The Morgan fingerprint density at radius 3 is 2.70 bits per heavy atom. The molecule has 150 valence electrons. The van der Waals surface area contributed by atoms with Crippen LogP contribution in [0, 0.1) is 0 Å². The molecule has 2 aromatic carbocycles. The predicted molar refractivity (Wildman–Crippen MR) is 113 cm³/mol. The monoisotopic (exact) mass is 401 g/mol. The summed E-state index contributed by atoms with van der Waals surface area (Å²) < 4.78 is 12.4. The van der Waals surface area contributed by atoms with Gasteiger partial charge in [0, 0.05) is 29.6 Å². The molecule has 0 aliphatic heterocycles. The summed E-state index contributed by atoms with van der Waals surface area (Å²) in [5, 5.41) is 2.84. The summed E-state index contributed by atoms with van der Waals surface area (Å²) in [4.78, 5) is 29.1. The summed E-state index contributed by atoms with van der Waals surface area (Å²) in [6.07, 6.45) is 1.67. The molecule has 0 fully saturated rings. The summed E-state index contributed by atoms with van der Waals surface area (Å²) in [6, 6.07) is 20.7. The van der Waals surface area contributed by atoms with E-state index in [-0.39, 0.29) is 18.1 Å². The van der Waals surface area contributed by atoms with Crippen molar-refractivity contribution >= 4 is 17.2 Å². The topological polar surface area (TPSA) is 81.9 Å².